The van der Waals surface area contributed by atoms with Crippen LogP contribution in [0.25, 0.3) is 0 Å². The summed E-state index contributed by atoms with van der Waals surface area (Å²) in [5, 5.41) is 9.67. The molecule has 106 valence electrons. The van der Waals surface area contributed by atoms with Crippen molar-refractivity contribution in [2.24, 2.45) is 5.92 Å². The standard InChI is InChI=1S/C16H24BrNO/c1-11-4-6-13(7-5-11)18(3)14-8-9-15(12(2)19)16(17)10-14/h8-13,19H,4-7H2,1-3H3/t11?,12-,13?/m1/s1. The van der Waals surface area contributed by atoms with Crippen LogP contribution in [-0.2, 0) is 0 Å². The summed E-state index contributed by atoms with van der Waals surface area (Å²) in [6, 6.07) is 6.91. The number of halogens is 1. The molecular weight excluding hydrogens is 302 g/mol. The summed E-state index contributed by atoms with van der Waals surface area (Å²) in [6.45, 7) is 4.15. The van der Waals surface area contributed by atoms with Crippen molar-refractivity contribution in [1.82, 2.24) is 0 Å². The Bertz CT molecular complexity index is 425. The number of hydrogen-bond acceptors (Lipinski definition) is 2. The first-order valence-corrected chi connectivity index (χ1v) is 7.98. The van der Waals surface area contributed by atoms with Gasteiger partial charge in [0.1, 0.15) is 0 Å². The maximum Gasteiger partial charge on any atom is 0.0772 e. The Labute approximate surface area is 124 Å². The quantitative estimate of drug-likeness (QED) is 0.883. The minimum absolute atomic E-state index is 0.427. The SMILES string of the molecule is CC1CCC(N(C)c2ccc([C@@H](C)O)c(Br)c2)CC1. The van der Waals surface area contributed by atoms with Crippen molar-refractivity contribution in [2.75, 3.05) is 11.9 Å². The largest absolute Gasteiger partial charge is 0.389 e. The van der Waals surface area contributed by atoms with Crippen molar-refractivity contribution in [3.8, 4) is 0 Å². The minimum Gasteiger partial charge on any atom is -0.389 e. The lowest BCUT2D eigenvalue weighted by atomic mass is 9.86. The van der Waals surface area contributed by atoms with Crippen molar-refractivity contribution < 1.29 is 5.11 Å². The first-order chi connectivity index (χ1) is 8.99. The zero-order valence-electron chi connectivity index (χ0n) is 12.1. The van der Waals surface area contributed by atoms with Gasteiger partial charge in [0.2, 0.25) is 0 Å². The van der Waals surface area contributed by atoms with E-state index >= 15 is 0 Å². The van der Waals surface area contributed by atoms with E-state index in [0.29, 0.717) is 6.04 Å². The molecule has 1 aliphatic carbocycles. The van der Waals surface area contributed by atoms with Gasteiger partial charge in [-0.1, -0.05) is 28.9 Å². The molecule has 0 bridgehead atoms. The van der Waals surface area contributed by atoms with E-state index in [0.717, 1.165) is 16.0 Å². The number of aliphatic hydroxyl groups is 1. The lowest BCUT2D eigenvalue weighted by molar-refractivity contribution is 0.198. The Morgan fingerprint density at radius 2 is 1.89 bits per heavy atom. The van der Waals surface area contributed by atoms with Crippen LogP contribution in [0.1, 0.15) is 51.2 Å². The number of anilines is 1. The maximum atomic E-state index is 9.67. The molecule has 0 aromatic heterocycles. The van der Waals surface area contributed by atoms with Gasteiger partial charge in [0.25, 0.3) is 0 Å². The molecule has 2 nitrogen and oxygen atoms in total. The molecule has 1 saturated carbocycles. The average molecular weight is 326 g/mol. The molecule has 0 saturated heterocycles. The molecule has 1 aromatic carbocycles. The second-order valence-electron chi connectivity index (χ2n) is 5.91. The maximum absolute atomic E-state index is 9.67. The number of nitrogens with zero attached hydrogens (tertiary/aromatic N) is 1. The Hall–Kier alpha value is -0.540. The Morgan fingerprint density at radius 1 is 1.26 bits per heavy atom. The van der Waals surface area contributed by atoms with Gasteiger partial charge in [-0.05, 0) is 56.2 Å². The zero-order chi connectivity index (χ0) is 14.0. The summed E-state index contributed by atoms with van der Waals surface area (Å²) in [5.41, 5.74) is 2.19. The molecule has 1 atom stereocenters. The molecule has 1 fully saturated rings. The van der Waals surface area contributed by atoms with E-state index in [2.05, 4.69) is 46.9 Å². The summed E-state index contributed by atoms with van der Waals surface area (Å²) < 4.78 is 0.996. The fraction of sp³-hybridized carbons (Fsp3) is 0.625. The summed E-state index contributed by atoms with van der Waals surface area (Å²) in [7, 11) is 2.18. The highest BCUT2D eigenvalue weighted by atomic mass is 79.9. The van der Waals surface area contributed by atoms with E-state index in [1.54, 1.807) is 6.92 Å². The van der Waals surface area contributed by atoms with Gasteiger partial charge in [-0.25, -0.2) is 0 Å². The fourth-order valence-electron chi connectivity index (χ4n) is 2.91. The first-order valence-electron chi connectivity index (χ1n) is 7.19. The van der Waals surface area contributed by atoms with Crippen LogP contribution in [0.5, 0.6) is 0 Å². The molecule has 0 radical (unpaired) electrons. The lowest BCUT2D eigenvalue weighted by Gasteiger charge is -2.35. The third-order valence-electron chi connectivity index (χ3n) is 4.37. The van der Waals surface area contributed by atoms with E-state index in [1.165, 1.54) is 31.4 Å². The monoisotopic (exact) mass is 325 g/mol. The van der Waals surface area contributed by atoms with Crippen molar-refractivity contribution in [3.05, 3.63) is 28.2 Å². The minimum atomic E-state index is -0.427. The van der Waals surface area contributed by atoms with Crippen molar-refractivity contribution in [3.63, 3.8) is 0 Å². The first kappa shape index (κ1) is 14.9. The molecule has 0 unspecified atom stereocenters. The predicted molar refractivity (Wildman–Crippen MR) is 84.6 cm³/mol. The van der Waals surface area contributed by atoms with Crippen LogP contribution in [0.15, 0.2) is 22.7 Å². The Morgan fingerprint density at radius 3 is 2.42 bits per heavy atom. The number of hydrogen-bond donors (Lipinski definition) is 1. The zero-order valence-corrected chi connectivity index (χ0v) is 13.7. The van der Waals surface area contributed by atoms with Crippen LogP contribution >= 0.6 is 15.9 Å². The molecule has 3 heteroatoms. The van der Waals surface area contributed by atoms with E-state index in [-0.39, 0.29) is 0 Å². The predicted octanol–water partition coefficient (Wildman–Crippen LogP) is 4.52. The molecule has 1 aliphatic rings. The summed E-state index contributed by atoms with van der Waals surface area (Å²) in [4.78, 5) is 2.39. The second kappa shape index (κ2) is 6.27. The van der Waals surface area contributed by atoms with Gasteiger partial charge >= 0.3 is 0 Å². The summed E-state index contributed by atoms with van der Waals surface area (Å²) in [6.07, 6.45) is 4.81. The van der Waals surface area contributed by atoms with Crippen molar-refractivity contribution in [2.45, 2.75) is 51.7 Å². The third-order valence-corrected chi connectivity index (χ3v) is 5.06. The van der Waals surface area contributed by atoms with E-state index < -0.39 is 6.10 Å². The topological polar surface area (TPSA) is 23.5 Å². The number of rotatable bonds is 3. The Balaban J connectivity index is 2.11. The van der Waals surface area contributed by atoms with Gasteiger partial charge in [0, 0.05) is 23.2 Å². The van der Waals surface area contributed by atoms with Crippen LogP contribution in [0.3, 0.4) is 0 Å². The average Bonchev–Trinajstić information content (AvgIpc) is 2.38. The van der Waals surface area contributed by atoms with Crippen LogP contribution in [0.4, 0.5) is 5.69 Å². The fourth-order valence-corrected chi connectivity index (χ4v) is 3.61. The molecule has 0 heterocycles. The van der Waals surface area contributed by atoms with Crippen molar-refractivity contribution >= 4 is 21.6 Å². The normalized spacial score (nSPS) is 25.1. The van der Waals surface area contributed by atoms with Gasteiger partial charge in [-0.2, -0.15) is 0 Å². The van der Waals surface area contributed by atoms with E-state index in [1.807, 2.05) is 6.07 Å². The molecular formula is C16H24BrNO. The van der Waals surface area contributed by atoms with Crippen LogP contribution in [0, 0.1) is 5.92 Å². The van der Waals surface area contributed by atoms with Crippen LogP contribution in [-0.4, -0.2) is 18.2 Å². The highest BCUT2D eigenvalue weighted by Gasteiger charge is 2.22. The second-order valence-corrected chi connectivity index (χ2v) is 6.76. The van der Waals surface area contributed by atoms with Gasteiger partial charge in [0.05, 0.1) is 6.10 Å². The van der Waals surface area contributed by atoms with Crippen molar-refractivity contribution in [1.29, 1.82) is 0 Å². The van der Waals surface area contributed by atoms with Gasteiger partial charge in [0.15, 0.2) is 0 Å². The van der Waals surface area contributed by atoms with E-state index in [9.17, 15) is 5.11 Å². The molecule has 2 rings (SSSR count). The third kappa shape index (κ3) is 3.51. The number of benzene rings is 1. The molecule has 0 aliphatic heterocycles. The molecule has 19 heavy (non-hydrogen) atoms. The van der Waals surface area contributed by atoms with Crippen LogP contribution < -0.4 is 4.90 Å². The summed E-state index contributed by atoms with van der Waals surface area (Å²) in [5.74, 6) is 0.883. The van der Waals surface area contributed by atoms with Gasteiger partial charge < -0.3 is 10.0 Å². The smallest absolute Gasteiger partial charge is 0.0772 e. The highest BCUT2D eigenvalue weighted by Crippen LogP contribution is 2.32. The van der Waals surface area contributed by atoms with E-state index in [4.69, 9.17) is 0 Å². The highest BCUT2D eigenvalue weighted by molar-refractivity contribution is 9.10. The molecule has 0 spiro atoms. The van der Waals surface area contributed by atoms with Gasteiger partial charge in [-0.15, -0.1) is 0 Å². The molecule has 0 amide bonds. The Kier molecular flexibility index (Phi) is 4.91. The summed E-state index contributed by atoms with van der Waals surface area (Å²) >= 11 is 3.56. The lowest BCUT2D eigenvalue weighted by Crippen LogP contribution is -2.34. The molecule has 1 aromatic rings. The number of aliphatic hydroxyl groups excluding tert-OH is 1. The molecule has 1 N–H and O–H groups in total. The van der Waals surface area contributed by atoms with Crippen LogP contribution in [0.2, 0.25) is 0 Å². The van der Waals surface area contributed by atoms with Gasteiger partial charge in [-0.3, -0.25) is 0 Å².